The SMILES string of the molecule is Cc1ccc(S(=O)(=O)N/N=C(\Cl)c2c(F)cc(F)cc2F)cc1. The smallest absolute Gasteiger partial charge is 0.207 e. The molecule has 0 fully saturated rings. The zero-order valence-electron chi connectivity index (χ0n) is 11.6. The Kier molecular flexibility index (Phi) is 4.96. The van der Waals surface area contributed by atoms with Crippen LogP contribution in [-0.2, 0) is 10.0 Å². The van der Waals surface area contributed by atoms with Crippen LogP contribution in [0.25, 0.3) is 0 Å². The van der Waals surface area contributed by atoms with Crippen LogP contribution in [0.1, 0.15) is 11.1 Å². The molecule has 0 saturated heterocycles. The van der Waals surface area contributed by atoms with E-state index >= 15 is 0 Å². The van der Waals surface area contributed by atoms with Crippen molar-refractivity contribution in [1.82, 2.24) is 4.83 Å². The molecule has 0 unspecified atom stereocenters. The monoisotopic (exact) mass is 362 g/mol. The molecule has 0 aliphatic rings. The molecule has 9 heteroatoms. The topological polar surface area (TPSA) is 58.5 Å². The first-order valence-corrected chi connectivity index (χ1v) is 8.03. The number of rotatable bonds is 4. The van der Waals surface area contributed by atoms with Crippen molar-refractivity contribution in [2.75, 3.05) is 0 Å². The van der Waals surface area contributed by atoms with Gasteiger partial charge in [-0.25, -0.2) is 13.2 Å². The number of benzene rings is 2. The van der Waals surface area contributed by atoms with E-state index in [9.17, 15) is 21.6 Å². The van der Waals surface area contributed by atoms with Gasteiger partial charge in [-0.1, -0.05) is 29.3 Å². The highest BCUT2D eigenvalue weighted by molar-refractivity contribution is 7.89. The van der Waals surface area contributed by atoms with Gasteiger partial charge in [0.1, 0.15) is 17.5 Å². The fraction of sp³-hybridized carbons (Fsp3) is 0.0714. The van der Waals surface area contributed by atoms with E-state index in [1.54, 1.807) is 23.9 Å². The summed E-state index contributed by atoms with van der Waals surface area (Å²) in [7, 11) is -4.05. The van der Waals surface area contributed by atoms with Crippen LogP contribution < -0.4 is 4.83 Å². The number of sulfonamides is 1. The molecule has 122 valence electrons. The molecule has 2 aromatic rings. The Balaban J connectivity index is 2.31. The first-order chi connectivity index (χ1) is 10.7. The van der Waals surface area contributed by atoms with Crippen molar-refractivity contribution in [2.24, 2.45) is 5.10 Å². The predicted octanol–water partition coefficient (Wildman–Crippen LogP) is 3.29. The molecule has 2 rings (SSSR count). The standard InChI is InChI=1S/C14H10ClF3N2O2S/c1-8-2-4-10(5-3-8)23(21,22)20-19-14(15)13-11(17)6-9(16)7-12(13)18/h2-7,20H,1H3/b19-14-. The molecular weight excluding hydrogens is 353 g/mol. The van der Waals surface area contributed by atoms with Crippen molar-refractivity contribution in [1.29, 1.82) is 0 Å². The van der Waals surface area contributed by atoms with Crippen LogP contribution in [0.15, 0.2) is 46.4 Å². The van der Waals surface area contributed by atoms with E-state index in [-0.39, 0.29) is 4.90 Å². The highest BCUT2D eigenvalue weighted by Crippen LogP contribution is 2.18. The van der Waals surface area contributed by atoms with Gasteiger partial charge in [0.15, 0.2) is 5.17 Å². The Morgan fingerprint density at radius 2 is 1.61 bits per heavy atom. The minimum atomic E-state index is -4.05. The van der Waals surface area contributed by atoms with Crippen molar-refractivity contribution in [3.63, 3.8) is 0 Å². The van der Waals surface area contributed by atoms with Crippen molar-refractivity contribution >= 4 is 26.8 Å². The minimum Gasteiger partial charge on any atom is -0.207 e. The molecule has 0 aromatic heterocycles. The molecule has 0 aliphatic heterocycles. The van der Waals surface area contributed by atoms with Gasteiger partial charge in [0.25, 0.3) is 10.0 Å². The minimum absolute atomic E-state index is 0.101. The molecule has 0 spiro atoms. The third-order valence-electron chi connectivity index (χ3n) is 2.81. The lowest BCUT2D eigenvalue weighted by Crippen LogP contribution is -2.20. The fourth-order valence-corrected chi connectivity index (χ4v) is 2.75. The van der Waals surface area contributed by atoms with E-state index in [2.05, 4.69) is 5.10 Å². The number of aryl methyl sites for hydroxylation is 1. The van der Waals surface area contributed by atoms with E-state index in [4.69, 9.17) is 11.6 Å². The number of hydrazone groups is 1. The van der Waals surface area contributed by atoms with Crippen LogP contribution in [0.5, 0.6) is 0 Å². The number of hydrogen-bond donors (Lipinski definition) is 1. The molecule has 0 saturated carbocycles. The average molecular weight is 363 g/mol. The van der Waals surface area contributed by atoms with E-state index in [1.807, 2.05) is 0 Å². The molecule has 0 radical (unpaired) electrons. The second-order valence-corrected chi connectivity index (χ2v) is 6.57. The maximum absolute atomic E-state index is 13.5. The maximum Gasteiger partial charge on any atom is 0.276 e. The van der Waals surface area contributed by atoms with Crippen molar-refractivity contribution in [3.8, 4) is 0 Å². The van der Waals surface area contributed by atoms with Crippen LogP contribution in [-0.4, -0.2) is 13.6 Å². The van der Waals surface area contributed by atoms with Gasteiger partial charge in [0, 0.05) is 12.1 Å². The van der Waals surface area contributed by atoms with Crippen LogP contribution >= 0.6 is 11.6 Å². The van der Waals surface area contributed by atoms with Gasteiger partial charge in [-0.15, -0.1) is 0 Å². The molecule has 23 heavy (non-hydrogen) atoms. The summed E-state index contributed by atoms with van der Waals surface area (Å²) in [6, 6.07) is 6.62. The lowest BCUT2D eigenvalue weighted by Gasteiger charge is -2.06. The third kappa shape index (κ3) is 4.02. The van der Waals surface area contributed by atoms with E-state index in [0.717, 1.165) is 5.56 Å². The summed E-state index contributed by atoms with van der Waals surface area (Å²) in [5.41, 5.74) is 0.0145. The molecule has 2 aromatic carbocycles. The Bertz CT molecular complexity index is 845. The van der Waals surface area contributed by atoms with Gasteiger partial charge in [-0.3, -0.25) is 0 Å². The van der Waals surface area contributed by atoms with Crippen LogP contribution in [0.3, 0.4) is 0 Å². The van der Waals surface area contributed by atoms with Crippen molar-refractivity contribution < 1.29 is 21.6 Å². The predicted molar refractivity (Wildman–Crippen MR) is 80.2 cm³/mol. The van der Waals surface area contributed by atoms with Crippen LogP contribution in [0.4, 0.5) is 13.2 Å². The summed E-state index contributed by atoms with van der Waals surface area (Å²) >= 11 is 5.61. The van der Waals surface area contributed by atoms with Gasteiger partial charge in [0.2, 0.25) is 0 Å². The molecule has 4 nitrogen and oxygen atoms in total. The zero-order valence-corrected chi connectivity index (χ0v) is 13.2. The summed E-state index contributed by atoms with van der Waals surface area (Å²) in [6.45, 7) is 1.78. The van der Waals surface area contributed by atoms with E-state index < -0.39 is 38.2 Å². The lowest BCUT2D eigenvalue weighted by molar-refractivity contribution is 0.540. The Morgan fingerprint density at radius 3 is 2.13 bits per heavy atom. The first-order valence-electron chi connectivity index (χ1n) is 6.17. The third-order valence-corrected chi connectivity index (χ3v) is 4.31. The maximum atomic E-state index is 13.5. The first kappa shape index (κ1) is 17.3. The molecule has 0 amide bonds. The van der Waals surface area contributed by atoms with Crippen molar-refractivity contribution in [2.45, 2.75) is 11.8 Å². The number of halogens is 4. The quantitative estimate of drug-likeness (QED) is 0.670. The largest absolute Gasteiger partial charge is 0.276 e. The van der Waals surface area contributed by atoms with E-state index in [0.29, 0.717) is 12.1 Å². The molecule has 0 bridgehead atoms. The summed E-state index contributed by atoms with van der Waals surface area (Å²) < 4.78 is 63.8. The number of hydrogen-bond acceptors (Lipinski definition) is 3. The summed E-state index contributed by atoms with van der Waals surface area (Å²) in [5.74, 6) is -3.73. The van der Waals surface area contributed by atoms with Crippen LogP contribution in [0, 0.1) is 24.4 Å². The van der Waals surface area contributed by atoms with Gasteiger partial charge < -0.3 is 0 Å². The molecule has 0 atom stereocenters. The summed E-state index contributed by atoms with van der Waals surface area (Å²) in [6.07, 6.45) is 0. The van der Waals surface area contributed by atoms with Gasteiger partial charge >= 0.3 is 0 Å². The highest BCUT2D eigenvalue weighted by Gasteiger charge is 2.18. The number of nitrogens with zero attached hydrogens (tertiary/aromatic N) is 1. The molecule has 0 heterocycles. The number of nitrogens with one attached hydrogen (secondary N) is 1. The molecule has 0 aliphatic carbocycles. The van der Waals surface area contributed by atoms with Gasteiger partial charge in [-0.05, 0) is 19.1 Å². The zero-order chi connectivity index (χ0) is 17.2. The Morgan fingerprint density at radius 1 is 1.09 bits per heavy atom. The second-order valence-electron chi connectivity index (χ2n) is 4.55. The average Bonchev–Trinajstić information content (AvgIpc) is 2.44. The van der Waals surface area contributed by atoms with Gasteiger partial charge in [-0.2, -0.15) is 18.4 Å². The molecular formula is C14H10ClF3N2O2S. The van der Waals surface area contributed by atoms with Gasteiger partial charge in [0.05, 0.1) is 10.5 Å². The summed E-state index contributed by atoms with van der Waals surface area (Å²) in [4.78, 5) is 1.66. The Hall–Kier alpha value is -2.06. The van der Waals surface area contributed by atoms with Crippen LogP contribution in [0.2, 0.25) is 0 Å². The highest BCUT2D eigenvalue weighted by atomic mass is 35.5. The Labute approximate surface area is 135 Å². The lowest BCUT2D eigenvalue weighted by atomic mass is 10.2. The van der Waals surface area contributed by atoms with E-state index in [1.165, 1.54) is 12.1 Å². The normalized spacial score (nSPS) is 12.3. The molecule has 1 N–H and O–H groups in total. The fourth-order valence-electron chi connectivity index (χ4n) is 1.67. The summed E-state index contributed by atoms with van der Waals surface area (Å²) in [5, 5.41) is 2.46. The van der Waals surface area contributed by atoms with Crippen molar-refractivity contribution in [3.05, 3.63) is 65.0 Å². The second kappa shape index (κ2) is 6.59.